The van der Waals surface area contributed by atoms with E-state index in [0.717, 1.165) is 0 Å². The van der Waals surface area contributed by atoms with Crippen molar-refractivity contribution in [1.29, 1.82) is 0 Å². The van der Waals surface area contributed by atoms with Crippen LogP contribution in [-0.2, 0) is 30.2 Å². The fourth-order valence-electron chi connectivity index (χ4n) is 3.00. The van der Waals surface area contributed by atoms with Crippen LogP contribution in [0.1, 0.15) is 41.8 Å². The van der Waals surface area contributed by atoms with Crippen LogP contribution in [0, 0.1) is 12.8 Å². The molecule has 2 aromatic heterocycles. The normalized spacial score (nSPS) is 17.6. The summed E-state index contributed by atoms with van der Waals surface area (Å²) in [5, 5.41) is 12.4. The van der Waals surface area contributed by atoms with Crippen LogP contribution in [0.2, 0.25) is 0 Å². The first-order valence-electron chi connectivity index (χ1n) is 7.70. The van der Waals surface area contributed by atoms with Crippen LogP contribution in [0.4, 0.5) is 18.9 Å². The Bertz CT molecular complexity index is 763. The molecule has 6 nitrogen and oxygen atoms in total. The van der Waals surface area contributed by atoms with Crippen molar-refractivity contribution >= 4 is 11.6 Å². The summed E-state index contributed by atoms with van der Waals surface area (Å²) in [6.07, 6.45) is -3.10. The third-order valence-corrected chi connectivity index (χ3v) is 4.30. The molecule has 24 heavy (non-hydrogen) atoms. The van der Waals surface area contributed by atoms with Gasteiger partial charge in [-0.15, -0.1) is 0 Å². The quantitative estimate of drug-likeness (QED) is 0.898. The molecule has 0 aromatic carbocycles. The summed E-state index contributed by atoms with van der Waals surface area (Å²) in [6, 6.07) is 0. The minimum atomic E-state index is -4.52. The third-order valence-electron chi connectivity index (χ3n) is 4.30. The molecule has 1 aliphatic rings. The van der Waals surface area contributed by atoms with Gasteiger partial charge in [0.1, 0.15) is 11.4 Å². The highest BCUT2D eigenvalue weighted by Gasteiger charge is 2.40. The van der Waals surface area contributed by atoms with E-state index >= 15 is 0 Å². The van der Waals surface area contributed by atoms with Crippen LogP contribution >= 0.6 is 0 Å². The zero-order valence-electron chi connectivity index (χ0n) is 13.3. The Morgan fingerprint density at radius 2 is 2.21 bits per heavy atom. The van der Waals surface area contributed by atoms with Gasteiger partial charge >= 0.3 is 6.18 Å². The fourth-order valence-corrected chi connectivity index (χ4v) is 3.00. The van der Waals surface area contributed by atoms with Gasteiger partial charge in [-0.1, -0.05) is 12.1 Å². The van der Waals surface area contributed by atoms with Gasteiger partial charge in [0.2, 0.25) is 5.91 Å². The summed E-state index contributed by atoms with van der Waals surface area (Å²) in [5.74, 6) is -0.387. The van der Waals surface area contributed by atoms with E-state index in [9.17, 15) is 18.0 Å². The zero-order chi connectivity index (χ0) is 17.5. The Hall–Kier alpha value is -2.32. The summed E-state index contributed by atoms with van der Waals surface area (Å²) >= 11 is 0. The molecule has 0 radical (unpaired) electrons. The van der Waals surface area contributed by atoms with Crippen LogP contribution in [0.15, 0.2) is 4.52 Å². The molecular weight excluding hydrogens is 325 g/mol. The Balaban J connectivity index is 1.79. The van der Waals surface area contributed by atoms with Gasteiger partial charge in [0, 0.05) is 17.2 Å². The molecule has 0 bridgehead atoms. The summed E-state index contributed by atoms with van der Waals surface area (Å²) in [5.41, 5.74) is 0.756. The Labute approximate surface area is 135 Å². The molecule has 0 aliphatic heterocycles. The average molecular weight is 342 g/mol. The topological polar surface area (TPSA) is 83.8 Å². The Kier molecular flexibility index (Phi) is 4.10. The fraction of sp³-hybridized carbons (Fsp3) is 0.533. The first-order valence-corrected chi connectivity index (χ1v) is 7.70. The van der Waals surface area contributed by atoms with E-state index in [1.165, 1.54) is 0 Å². The van der Waals surface area contributed by atoms with Crippen molar-refractivity contribution in [3.8, 4) is 0 Å². The van der Waals surface area contributed by atoms with Gasteiger partial charge in [-0.05, 0) is 32.6 Å². The first-order chi connectivity index (χ1) is 11.3. The number of aromatic nitrogens is 3. The number of amides is 1. The Morgan fingerprint density at radius 1 is 1.46 bits per heavy atom. The molecule has 2 heterocycles. The summed E-state index contributed by atoms with van der Waals surface area (Å²) < 4.78 is 44.0. The van der Waals surface area contributed by atoms with E-state index in [0.29, 0.717) is 42.1 Å². The minimum Gasteiger partial charge on any atom is -0.359 e. The van der Waals surface area contributed by atoms with Gasteiger partial charge in [0.05, 0.1) is 0 Å². The van der Waals surface area contributed by atoms with Crippen molar-refractivity contribution in [3.05, 3.63) is 28.4 Å². The van der Waals surface area contributed by atoms with E-state index < -0.39 is 17.8 Å². The number of carbonyl (C=O) groups is 1. The maximum Gasteiger partial charge on any atom is 0.435 e. The molecule has 0 saturated carbocycles. The summed E-state index contributed by atoms with van der Waals surface area (Å²) in [4.78, 5) is 12.5. The van der Waals surface area contributed by atoms with Gasteiger partial charge in [-0.25, -0.2) is 0 Å². The lowest BCUT2D eigenvalue weighted by Gasteiger charge is -2.22. The van der Waals surface area contributed by atoms with Crippen molar-refractivity contribution in [2.45, 2.75) is 45.7 Å². The molecule has 0 spiro atoms. The standard InChI is InChI=1S/C15H17F3N4O2/c1-3-10-12(7(2)24-22-10)19-14(23)8-4-5-11-9(6-8)13(21-20-11)15(16,17)18/h8H,3-6H2,1-2H3,(H,19,23)(H,20,21). The molecule has 1 amide bonds. The maximum absolute atomic E-state index is 13.0. The molecule has 1 aliphatic carbocycles. The van der Waals surface area contributed by atoms with E-state index in [4.69, 9.17) is 4.52 Å². The number of fused-ring (bicyclic) bond motifs is 1. The lowest BCUT2D eigenvalue weighted by atomic mass is 9.85. The molecule has 9 heteroatoms. The smallest absolute Gasteiger partial charge is 0.359 e. The average Bonchev–Trinajstić information content (AvgIpc) is 3.10. The molecule has 0 fully saturated rings. The maximum atomic E-state index is 13.0. The molecule has 1 atom stereocenters. The summed E-state index contributed by atoms with van der Waals surface area (Å²) in [7, 11) is 0. The van der Waals surface area contributed by atoms with Gasteiger partial charge in [0.15, 0.2) is 11.5 Å². The Morgan fingerprint density at radius 3 is 2.88 bits per heavy atom. The lowest BCUT2D eigenvalue weighted by molar-refractivity contribution is -0.142. The predicted molar refractivity (Wildman–Crippen MR) is 78.4 cm³/mol. The van der Waals surface area contributed by atoms with Crippen LogP contribution in [0.25, 0.3) is 0 Å². The second-order valence-electron chi connectivity index (χ2n) is 5.87. The number of anilines is 1. The first kappa shape index (κ1) is 16.5. The number of carbonyl (C=O) groups excluding carboxylic acids is 1. The van der Waals surface area contributed by atoms with E-state index in [1.54, 1.807) is 6.92 Å². The molecule has 3 rings (SSSR count). The number of aromatic amines is 1. The van der Waals surface area contributed by atoms with E-state index in [2.05, 4.69) is 20.7 Å². The number of hydrogen-bond acceptors (Lipinski definition) is 4. The second-order valence-corrected chi connectivity index (χ2v) is 5.87. The zero-order valence-corrected chi connectivity index (χ0v) is 13.3. The number of nitrogens with zero attached hydrogens (tertiary/aromatic N) is 2. The van der Waals surface area contributed by atoms with Crippen LogP contribution in [0.5, 0.6) is 0 Å². The highest BCUT2D eigenvalue weighted by molar-refractivity contribution is 5.93. The molecule has 2 aromatic rings. The number of halogens is 3. The third kappa shape index (κ3) is 2.90. The minimum absolute atomic E-state index is 0.0122. The lowest BCUT2D eigenvalue weighted by Crippen LogP contribution is -2.29. The van der Waals surface area contributed by atoms with Crippen molar-refractivity contribution in [2.75, 3.05) is 5.32 Å². The predicted octanol–water partition coefficient (Wildman–Crippen LogP) is 3.03. The number of nitrogens with one attached hydrogen (secondary N) is 2. The van der Waals surface area contributed by atoms with E-state index in [1.807, 2.05) is 6.92 Å². The molecule has 1 unspecified atom stereocenters. The van der Waals surface area contributed by atoms with Crippen LogP contribution < -0.4 is 5.32 Å². The van der Waals surface area contributed by atoms with Crippen molar-refractivity contribution in [2.24, 2.45) is 5.92 Å². The van der Waals surface area contributed by atoms with Gasteiger partial charge in [-0.2, -0.15) is 18.3 Å². The van der Waals surface area contributed by atoms with Crippen LogP contribution in [0.3, 0.4) is 0 Å². The molecule has 130 valence electrons. The van der Waals surface area contributed by atoms with Crippen molar-refractivity contribution in [1.82, 2.24) is 15.4 Å². The summed E-state index contributed by atoms with van der Waals surface area (Å²) in [6.45, 7) is 3.56. The number of aryl methyl sites for hydroxylation is 3. The van der Waals surface area contributed by atoms with Crippen LogP contribution in [-0.4, -0.2) is 21.3 Å². The second kappa shape index (κ2) is 5.95. The molecule has 2 N–H and O–H groups in total. The van der Waals surface area contributed by atoms with Gasteiger partial charge in [0.25, 0.3) is 0 Å². The van der Waals surface area contributed by atoms with Crippen molar-refractivity contribution in [3.63, 3.8) is 0 Å². The van der Waals surface area contributed by atoms with Crippen molar-refractivity contribution < 1.29 is 22.5 Å². The van der Waals surface area contributed by atoms with Gasteiger partial charge in [-0.3, -0.25) is 9.89 Å². The number of hydrogen-bond donors (Lipinski definition) is 2. The molecular formula is C15H17F3N4O2. The SMILES string of the molecule is CCc1noc(C)c1NC(=O)C1CCc2[nH]nc(C(F)(F)F)c2C1. The highest BCUT2D eigenvalue weighted by Crippen LogP contribution is 2.36. The van der Waals surface area contributed by atoms with Gasteiger partial charge < -0.3 is 9.84 Å². The number of H-pyrrole nitrogens is 1. The number of rotatable bonds is 3. The largest absolute Gasteiger partial charge is 0.435 e. The highest BCUT2D eigenvalue weighted by atomic mass is 19.4. The van der Waals surface area contributed by atoms with E-state index in [-0.39, 0.29) is 17.9 Å². The number of alkyl halides is 3. The monoisotopic (exact) mass is 342 g/mol. The molecule has 0 saturated heterocycles.